The summed E-state index contributed by atoms with van der Waals surface area (Å²) in [6.45, 7) is 6.64. The van der Waals surface area contributed by atoms with Gasteiger partial charge in [-0.05, 0) is 34.2 Å². The van der Waals surface area contributed by atoms with Crippen molar-refractivity contribution in [3.63, 3.8) is 0 Å². The first-order valence-electron chi connectivity index (χ1n) is 9.23. The quantitative estimate of drug-likeness (QED) is 0.397. The molecule has 0 aliphatic rings. The number of aromatic nitrogens is 1. The maximum absolute atomic E-state index is 6.02. The molecule has 1 aromatic heterocycles. The number of hydrogen-bond acceptors (Lipinski definition) is 2. The van der Waals surface area contributed by atoms with Crippen molar-refractivity contribution in [1.29, 1.82) is 0 Å². The molecular formula is C25H23NO. The topological polar surface area (TPSA) is 26.0 Å². The number of nitrogens with zero attached hydrogens (tertiary/aromatic N) is 1. The SMILES string of the molecule is CC(C)(C)c1ccc(-c2ncc(-c3ccc(-c4ccccc4)cc3)o2)cc1. The van der Waals surface area contributed by atoms with Gasteiger partial charge in [0.15, 0.2) is 5.76 Å². The fourth-order valence-corrected chi connectivity index (χ4v) is 3.11. The molecule has 0 saturated heterocycles. The lowest BCUT2D eigenvalue weighted by atomic mass is 9.87. The molecule has 0 spiro atoms. The van der Waals surface area contributed by atoms with Crippen molar-refractivity contribution in [2.45, 2.75) is 26.2 Å². The minimum Gasteiger partial charge on any atom is -0.436 e. The zero-order valence-corrected chi connectivity index (χ0v) is 15.9. The summed E-state index contributed by atoms with van der Waals surface area (Å²) in [5.74, 6) is 1.43. The molecule has 2 nitrogen and oxygen atoms in total. The lowest BCUT2D eigenvalue weighted by molar-refractivity contribution is 0.584. The standard InChI is InChI=1S/C25H23NO/c1-25(2,3)22-15-13-21(14-16-22)24-26-17-23(27-24)20-11-9-19(10-12-20)18-7-5-4-6-8-18/h4-17H,1-3H3. The molecule has 0 fully saturated rings. The summed E-state index contributed by atoms with van der Waals surface area (Å²) < 4.78 is 6.02. The molecule has 134 valence electrons. The van der Waals surface area contributed by atoms with Crippen LogP contribution in [-0.2, 0) is 5.41 Å². The van der Waals surface area contributed by atoms with Gasteiger partial charge in [0.1, 0.15) is 0 Å². The molecule has 27 heavy (non-hydrogen) atoms. The highest BCUT2D eigenvalue weighted by molar-refractivity contribution is 5.68. The first-order chi connectivity index (χ1) is 13.0. The van der Waals surface area contributed by atoms with E-state index >= 15 is 0 Å². The van der Waals surface area contributed by atoms with Crippen molar-refractivity contribution < 1.29 is 4.42 Å². The molecule has 4 rings (SSSR count). The second-order valence-electron chi connectivity index (χ2n) is 7.80. The molecule has 0 aliphatic carbocycles. The fraction of sp³-hybridized carbons (Fsp3) is 0.160. The summed E-state index contributed by atoms with van der Waals surface area (Å²) in [6, 6.07) is 27.2. The summed E-state index contributed by atoms with van der Waals surface area (Å²) in [5.41, 5.74) is 5.86. The van der Waals surface area contributed by atoms with Gasteiger partial charge in [0.25, 0.3) is 0 Å². The van der Waals surface area contributed by atoms with Crippen molar-refractivity contribution in [1.82, 2.24) is 4.98 Å². The van der Waals surface area contributed by atoms with E-state index in [1.165, 1.54) is 16.7 Å². The maximum atomic E-state index is 6.02. The number of hydrogen-bond donors (Lipinski definition) is 0. The van der Waals surface area contributed by atoms with Crippen molar-refractivity contribution in [2.24, 2.45) is 0 Å². The summed E-state index contributed by atoms with van der Waals surface area (Å²) >= 11 is 0. The van der Waals surface area contributed by atoms with Crippen LogP contribution in [0.1, 0.15) is 26.3 Å². The monoisotopic (exact) mass is 353 g/mol. The lowest BCUT2D eigenvalue weighted by Gasteiger charge is -2.18. The van der Waals surface area contributed by atoms with E-state index in [0.717, 1.165) is 16.9 Å². The highest BCUT2D eigenvalue weighted by Gasteiger charge is 2.14. The van der Waals surface area contributed by atoms with Crippen LogP contribution in [0.3, 0.4) is 0 Å². The van der Waals surface area contributed by atoms with Crippen LogP contribution in [0, 0.1) is 0 Å². The predicted octanol–water partition coefficient (Wildman–Crippen LogP) is 6.97. The number of benzene rings is 3. The Morgan fingerprint density at radius 1 is 0.630 bits per heavy atom. The normalized spacial score (nSPS) is 11.5. The van der Waals surface area contributed by atoms with Gasteiger partial charge in [-0.3, -0.25) is 0 Å². The van der Waals surface area contributed by atoms with E-state index in [1.807, 2.05) is 6.07 Å². The molecule has 1 heterocycles. The summed E-state index contributed by atoms with van der Waals surface area (Å²) in [4.78, 5) is 4.47. The summed E-state index contributed by atoms with van der Waals surface area (Å²) in [6.07, 6.45) is 1.80. The molecule has 0 N–H and O–H groups in total. The maximum Gasteiger partial charge on any atom is 0.226 e. The predicted molar refractivity (Wildman–Crippen MR) is 112 cm³/mol. The molecule has 0 unspecified atom stereocenters. The van der Waals surface area contributed by atoms with Crippen LogP contribution in [0.5, 0.6) is 0 Å². The Morgan fingerprint density at radius 2 is 1.19 bits per heavy atom. The number of oxazole rings is 1. The van der Waals surface area contributed by atoms with Crippen LogP contribution in [0.15, 0.2) is 89.5 Å². The van der Waals surface area contributed by atoms with Crippen LogP contribution in [-0.4, -0.2) is 4.98 Å². The number of rotatable bonds is 3. The van der Waals surface area contributed by atoms with Gasteiger partial charge in [-0.2, -0.15) is 0 Å². The van der Waals surface area contributed by atoms with Crippen molar-refractivity contribution >= 4 is 0 Å². The van der Waals surface area contributed by atoms with Gasteiger partial charge >= 0.3 is 0 Å². The van der Waals surface area contributed by atoms with E-state index in [2.05, 4.69) is 98.6 Å². The van der Waals surface area contributed by atoms with Gasteiger partial charge in [0.05, 0.1) is 6.20 Å². The van der Waals surface area contributed by atoms with E-state index in [0.29, 0.717) is 5.89 Å². The third kappa shape index (κ3) is 3.70. The van der Waals surface area contributed by atoms with Crippen molar-refractivity contribution in [3.8, 4) is 33.9 Å². The molecule has 0 atom stereocenters. The Labute approximate surface area is 160 Å². The van der Waals surface area contributed by atoms with Crippen molar-refractivity contribution in [2.75, 3.05) is 0 Å². The van der Waals surface area contributed by atoms with Gasteiger partial charge in [0.2, 0.25) is 5.89 Å². The van der Waals surface area contributed by atoms with Crippen LogP contribution in [0.2, 0.25) is 0 Å². The van der Waals surface area contributed by atoms with E-state index in [4.69, 9.17) is 4.42 Å². The van der Waals surface area contributed by atoms with Crippen LogP contribution < -0.4 is 0 Å². The molecule has 0 saturated carbocycles. The van der Waals surface area contributed by atoms with Crippen LogP contribution in [0.4, 0.5) is 0 Å². The van der Waals surface area contributed by atoms with Gasteiger partial charge in [-0.25, -0.2) is 4.98 Å². The van der Waals surface area contributed by atoms with Crippen LogP contribution >= 0.6 is 0 Å². The van der Waals surface area contributed by atoms with Gasteiger partial charge in [0, 0.05) is 11.1 Å². The zero-order valence-electron chi connectivity index (χ0n) is 15.9. The second kappa shape index (κ2) is 6.88. The van der Waals surface area contributed by atoms with E-state index in [1.54, 1.807) is 6.20 Å². The van der Waals surface area contributed by atoms with Gasteiger partial charge in [-0.1, -0.05) is 87.5 Å². The lowest BCUT2D eigenvalue weighted by Crippen LogP contribution is -2.10. The third-order valence-electron chi connectivity index (χ3n) is 4.78. The fourth-order valence-electron chi connectivity index (χ4n) is 3.11. The minimum atomic E-state index is 0.140. The van der Waals surface area contributed by atoms with Gasteiger partial charge in [-0.15, -0.1) is 0 Å². The highest BCUT2D eigenvalue weighted by Crippen LogP contribution is 2.30. The Kier molecular flexibility index (Phi) is 4.41. The van der Waals surface area contributed by atoms with E-state index in [-0.39, 0.29) is 5.41 Å². The molecule has 3 aromatic carbocycles. The van der Waals surface area contributed by atoms with E-state index in [9.17, 15) is 0 Å². The third-order valence-corrected chi connectivity index (χ3v) is 4.78. The Hall–Kier alpha value is -3.13. The molecule has 4 aromatic rings. The van der Waals surface area contributed by atoms with Crippen molar-refractivity contribution in [3.05, 3.63) is 90.6 Å². The average Bonchev–Trinajstić information content (AvgIpc) is 3.18. The van der Waals surface area contributed by atoms with Gasteiger partial charge < -0.3 is 4.42 Å². The Morgan fingerprint density at radius 3 is 1.81 bits per heavy atom. The van der Waals surface area contributed by atoms with E-state index < -0.39 is 0 Å². The molecule has 0 radical (unpaired) electrons. The smallest absolute Gasteiger partial charge is 0.226 e. The molecule has 0 aliphatic heterocycles. The average molecular weight is 353 g/mol. The zero-order chi connectivity index (χ0) is 18.9. The highest BCUT2D eigenvalue weighted by atomic mass is 16.4. The summed E-state index contributed by atoms with van der Waals surface area (Å²) in [5, 5.41) is 0. The molecule has 0 bridgehead atoms. The first kappa shape index (κ1) is 17.3. The van der Waals surface area contributed by atoms with Crippen LogP contribution in [0.25, 0.3) is 33.9 Å². The molecular weight excluding hydrogens is 330 g/mol. The minimum absolute atomic E-state index is 0.140. The molecule has 0 amide bonds. The largest absolute Gasteiger partial charge is 0.436 e. The second-order valence-corrected chi connectivity index (χ2v) is 7.80. The Bertz CT molecular complexity index is 1020. The Balaban J connectivity index is 1.57. The molecule has 2 heteroatoms. The summed E-state index contributed by atoms with van der Waals surface area (Å²) in [7, 11) is 0. The first-order valence-corrected chi connectivity index (χ1v) is 9.23.